The molecule has 1 amide bonds. The number of carbonyl (C=O) groups is 1. The summed E-state index contributed by atoms with van der Waals surface area (Å²) in [6.45, 7) is 2.11. The molecule has 2 rings (SSSR count). The van der Waals surface area contributed by atoms with E-state index in [1.807, 2.05) is 34.6 Å². The van der Waals surface area contributed by atoms with Crippen LogP contribution in [-0.4, -0.2) is 30.4 Å². The fourth-order valence-electron chi connectivity index (χ4n) is 1.95. The van der Waals surface area contributed by atoms with Gasteiger partial charge < -0.3 is 10.2 Å². The van der Waals surface area contributed by atoms with Crippen LogP contribution < -0.4 is 5.32 Å². The number of likely N-dealkylation sites (tertiary alicyclic amines) is 1. The van der Waals surface area contributed by atoms with E-state index in [4.69, 9.17) is 5.26 Å². The molecule has 0 saturated carbocycles. The summed E-state index contributed by atoms with van der Waals surface area (Å²) in [6, 6.07) is 7.51. The van der Waals surface area contributed by atoms with E-state index < -0.39 is 0 Å². The lowest BCUT2D eigenvalue weighted by Gasteiger charge is -2.15. The molecule has 0 unspecified atom stereocenters. The highest BCUT2D eigenvalue weighted by molar-refractivity contribution is 8.03. The lowest BCUT2D eigenvalue weighted by molar-refractivity contribution is -0.128. The Labute approximate surface area is 111 Å². The molecule has 1 aromatic carbocycles. The predicted octanol–water partition coefficient (Wildman–Crippen LogP) is 2.29. The van der Waals surface area contributed by atoms with Crippen LogP contribution in [0.25, 0.3) is 0 Å². The van der Waals surface area contributed by atoms with E-state index in [0.717, 1.165) is 48.3 Å². The van der Waals surface area contributed by atoms with E-state index in [1.54, 1.807) is 0 Å². The molecule has 1 aliphatic rings. The Morgan fingerprint density at radius 3 is 2.61 bits per heavy atom. The number of hydrogen-bond donors (Lipinski definition) is 1. The molecule has 94 valence electrons. The third kappa shape index (κ3) is 3.41. The highest BCUT2D eigenvalue weighted by Crippen LogP contribution is 2.19. The summed E-state index contributed by atoms with van der Waals surface area (Å²) in [5.41, 5.74) is 0.907. The molecule has 1 heterocycles. The minimum atomic E-state index is 0.156. The van der Waals surface area contributed by atoms with Crippen LogP contribution in [0.3, 0.4) is 0 Å². The maximum Gasteiger partial charge on any atom is 0.241 e. The van der Waals surface area contributed by atoms with Crippen LogP contribution in [0.2, 0.25) is 0 Å². The molecule has 0 atom stereocenters. The third-order valence-corrected chi connectivity index (χ3v) is 3.52. The summed E-state index contributed by atoms with van der Waals surface area (Å²) in [5, 5.41) is 13.7. The van der Waals surface area contributed by atoms with Gasteiger partial charge in [0.05, 0.1) is 6.54 Å². The molecule has 0 radical (unpaired) electrons. The van der Waals surface area contributed by atoms with Gasteiger partial charge in [0.1, 0.15) is 5.40 Å². The van der Waals surface area contributed by atoms with E-state index in [9.17, 15) is 4.79 Å². The van der Waals surface area contributed by atoms with Crippen molar-refractivity contribution in [1.29, 1.82) is 5.26 Å². The maximum atomic E-state index is 11.8. The zero-order valence-electron chi connectivity index (χ0n) is 10.1. The number of nitrogens with one attached hydrogen (secondary N) is 1. The van der Waals surface area contributed by atoms with E-state index in [0.29, 0.717) is 6.54 Å². The number of amides is 1. The number of thioether (sulfide) groups is 1. The smallest absolute Gasteiger partial charge is 0.241 e. The van der Waals surface area contributed by atoms with E-state index >= 15 is 0 Å². The monoisotopic (exact) mass is 261 g/mol. The number of anilines is 1. The summed E-state index contributed by atoms with van der Waals surface area (Å²) in [6.07, 6.45) is 2.23. The summed E-state index contributed by atoms with van der Waals surface area (Å²) in [5.74, 6) is 0.156. The molecule has 0 spiro atoms. The molecule has 1 aromatic rings. The average Bonchev–Trinajstić information content (AvgIpc) is 2.92. The Morgan fingerprint density at radius 1 is 1.33 bits per heavy atom. The molecule has 5 heteroatoms. The lowest BCUT2D eigenvalue weighted by atomic mass is 10.3. The average molecular weight is 261 g/mol. The van der Waals surface area contributed by atoms with Gasteiger partial charge in [-0.25, -0.2) is 0 Å². The molecule has 1 aliphatic heterocycles. The minimum absolute atomic E-state index is 0.156. The molecule has 1 N–H and O–H groups in total. The van der Waals surface area contributed by atoms with Gasteiger partial charge in [0.25, 0.3) is 0 Å². The number of nitrogens with zero attached hydrogens (tertiary/aromatic N) is 2. The molecule has 0 aromatic heterocycles. The van der Waals surface area contributed by atoms with Crippen LogP contribution in [-0.2, 0) is 4.79 Å². The zero-order valence-corrected chi connectivity index (χ0v) is 10.9. The van der Waals surface area contributed by atoms with Crippen molar-refractivity contribution in [3.8, 4) is 5.40 Å². The number of benzene rings is 1. The molecular formula is C13H15N3OS. The first-order valence-electron chi connectivity index (χ1n) is 5.97. The summed E-state index contributed by atoms with van der Waals surface area (Å²) in [4.78, 5) is 14.6. The fourth-order valence-corrected chi connectivity index (χ4v) is 2.33. The zero-order chi connectivity index (χ0) is 12.8. The van der Waals surface area contributed by atoms with Crippen molar-refractivity contribution in [3.05, 3.63) is 24.3 Å². The molecular weight excluding hydrogens is 246 g/mol. The number of thiocyanates is 1. The Bertz CT molecular complexity index is 446. The van der Waals surface area contributed by atoms with Gasteiger partial charge >= 0.3 is 0 Å². The van der Waals surface area contributed by atoms with Gasteiger partial charge in [-0.3, -0.25) is 4.79 Å². The third-order valence-electron chi connectivity index (χ3n) is 2.92. The maximum absolute atomic E-state index is 11.8. The van der Waals surface area contributed by atoms with Crippen LogP contribution in [0.4, 0.5) is 5.69 Å². The molecule has 0 aliphatic carbocycles. The van der Waals surface area contributed by atoms with E-state index in [1.165, 1.54) is 0 Å². The Kier molecular flexibility index (Phi) is 4.48. The molecule has 1 fully saturated rings. The molecule has 0 bridgehead atoms. The van der Waals surface area contributed by atoms with E-state index in [-0.39, 0.29) is 5.91 Å². The number of rotatable bonds is 4. The Morgan fingerprint density at radius 2 is 2.00 bits per heavy atom. The van der Waals surface area contributed by atoms with E-state index in [2.05, 4.69) is 5.32 Å². The summed E-state index contributed by atoms with van der Waals surface area (Å²) >= 11 is 1.13. The van der Waals surface area contributed by atoms with Crippen LogP contribution in [0.1, 0.15) is 12.8 Å². The summed E-state index contributed by atoms with van der Waals surface area (Å²) in [7, 11) is 0. The quantitative estimate of drug-likeness (QED) is 0.667. The van der Waals surface area contributed by atoms with Gasteiger partial charge in [-0.1, -0.05) is 0 Å². The van der Waals surface area contributed by atoms with Crippen molar-refractivity contribution in [3.63, 3.8) is 0 Å². The first-order valence-corrected chi connectivity index (χ1v) is 6.79. The van der Waals surface area contributed by atoms with Crippen molar-refractivity contribution in [2.75, 3.05) is 25.0 Å². The summed E-state index contributed by atoms with van der Waals surface area (Å²) < 4.78 is 0. The Hall–Kier alpha value is -1.67. The molecule has 1 saturated heterocycles. The van der Waals surface area contributed by atoms with Crippen molar-refractivity contribution in [1.82, 2.24) is 4.90 Å². The van der Waals surface area contributed by atoms with Crippen LogP contribution in [0, 0.1) is 10.7 Å². The normalized spacial score (nSPS) is 14.3. The SMILES string of the molecule is N#CSc1ccc(NCC(=O)N2CCCC2)cc1. The van der Waals surface area contributed by atoms with Gasteiger partial charge in [0.15, 0.2) is 0 Å². The highest BCUT2D eigenvalue weighted by atomic mass is 32.2. The standard InChI is InChI=1S/C13H15N3OS/c14-10-18-12-5-3-11(4-6-12)15-9-13(17)16-7-1-2-8-16/h3-6,15H,1-2,7-9H2. The van der Waals surface area contributed by atoms with Crippen LogP contribution in [0.15, 0.2) is 29.2 Å². The van der Waals surface area contributed by atoms with Crippen molar-refractivity contribution in [2.24, 2.45) is 0 Å². The van der Waals surface area contributed by atoms with Gasteiger partial charge in [0.2, 0.25) is 5.91 Å². The van der Waals surface area contributed by atoms with Gasteiger partial charge in [-0.15, -0.1) is 0 Å². The second-order valence-corrected chi connectivity index (χ2v) is 5.02. The molecule has 18 heavy (non-hydrogen) atoms. The second-order valence-electron chi connectivity index (χ2n) is 4.16. The van der Waals surface area contributed by atoms with Gasteiger partial charge in [-0.05, 0) is 48.9 Å². The van der Waals surface area contributed by atoms with Gasteiger partial charge in [0, 0.05) is 23.7 Å². The first-order chi connectivity index (χ1) is 8.79. The number of nitriles is 1. The Balaban J connectivity index is 1.82. The molecule has 4 nitrogen and oxygen atoms in total. The van der Waals surface area contributed by atoms with Crippen molar-refractivity contribution < 1.29 is 4.79 Å². The van der Waals surface area contributed by atoms with Crippen LogP contribution in [0.5, 0.6) is 0 Å². The minimum Gasteiger partial charge on any atom is -0.376 e. The first kappa shape index (κ1) is 12.8. The predicted molar refractivity (Wildman–Crippen MR) is 72.2 cm³/mol. The van der Waals surface area contributed by atoms with Crippen molar-refractivity contribution in [2.45, 2.75) is 17.7 Å². The van der Waals surface area contributed by atoms with Crippen LogP contribution >= 0.6 is 11.8 Å². The largest absolute Gasteiger partial charge is 0.376 e. The number of carbonyl (C=O) groups excluding carboxylic acids is 1. The number of hydrogen-bond acceptors (Lipinski definition) is 4. The highest BCUT2D eigenvalue weighted by Gasteiger charge is 2.16. The van der Waals surface area contributed by atoms with Gasteiger partial charge in [-0.2, -0.15) is 5.26 Å². The lowest BCUT2D eigenvalue weighted by Crippen LogP contribution is -2.32. The fraction of sp³-hybridized carbons (Fsp3) is 0.385. The second kappa shape index (κ2) is 6.31. The topological polar surface area (TPSA) is 56.1 Å². The van der Waals surface area contributed by atoms with Crippen molar-refractivity contribution >= 4 is 23.4 Å².